The van der Waals surface area contributed by atoms with Gasteiger partial charge in [0.1, 0.15) is 5.76 Å². The summed E-state index contributed by atoms with van der Waals surface area (Å²) in [5.74, 6) is 0.499. The van der Waals surface area contributed by atoms with Crippen LogP contribution in [-0.2, 0) is 4.79 Å². The van der Waals surface area contributed by atoms with Crippen molar-refractivity contribution in [1.29, 1.82) is 0 Å². The Kier molecular flexibility index (Phi) is 4.63. The Labute approximate surface area is 111 Å². The highest BCUT2D eigenvalue weighted by Crippen LogP contribution is 2.45. The van der Waals surface area contributed by atoms with E-state index < -0.39 is 0 Å². The summed E-state index contributed by atoms with van der Waals surface area (Å²) < 4.78 is 0. The Morgan fingerprint density at radius 3 is 1.89 bits per heavy atom. The van der Waals surface area contributed by atoms with Gasteiger partial charge < -0.3 is 5.11 Å². The number of ketones is 1. The zero-order valence-electron chi connectivity index (χ0n) is 12.6. The van der Waals surface area contributed by atoms with Gasteiger partial charge in [0.05, 0.1) is 0 Å². The first kappa shape index (κ1) is 15.3. The lowest BCUT2D eigenvalue weighted by molar-refractivity contribution is -0.128. The largest absolute Gasteiger partial charge is 0.511 e. The summed E-state index contributed by atoms with van der Waals surface area (Å²) in [7, 11) is 0. The Hall–Kier alpha value is -0.790. The molecule has 1 rings (SSSR count). The summed E-state index contributed by atoms with van der Waals surface area (Å²) in [6, 6.07) is 0. The summed E-state index contributed by atoms with van der Waals surface area (Å²) in [5.41, 5.74) is 0.182. The summed E-state index contributed by atoms with van der Waals surface area (Å²) in [5, 5.41) is 10.5. The fourth-order valence-corrected chi connectivity index (χ4v) is 3.14. The van der Waals surface area contributed by atoms with Crippen molar-refractivity contribution in [2.45, 2.75) is 73.1 Å². The van der Waals surface area contributed by atoms with Crippen LogP contribution in [0.2, 0.25) is 0 Å². The van der Waals surface area contributed by atoms with E-state index in [0.29, 0.717) is 11.3 Å². The molecule has 0 heterocycles. The van der Waals surface area contributed by atoms with Crippen molar-refractivity contribution in [2.75, 3.05) is 0 Å². The molecule has 0 aromatic rings. The van der Waals surface area contributed by atoms with Crippen LogP contribution >= 0.6 is 0 Å². The van der Waals surface area contributed by atoms with Gasteiger partial charge in [0.25, 0.3) is 0 Å². The molecular formula is C16H28O2. The quantitative estimate of drug-likeness (QED) is 0.545. The van der Waals surface area contributed by atoms with Gasteiger partial charge in [-0.1, -0.05) is 34.1 Å². The van der Waals surface area contributed by atoms with Gasteiger partial charge in [0, 0.05) is 16.4 Å². The first-order chi connectivity index (χ1) is 8.37. The first-order valence-corrected chi connectivity index (χ1v) is 7.32. The lowest BCUT2D eigenvalue weighted by Gasteiger charge is -2.38. The van der Waals surface area contributed by atoms with E-state index in [1.165, 1.54) is 0 Å². The van der Waals surface area contributed by atoms with Crippen molar-refractivity contribution in [3.63, 3.8) is 0 Å². The fraction of sp³-hybridized carbons (Fsp3) is 0.812. The summed E-state index contributed by atoms with van der Waals surface area (Å²) in [6.45, 7) is 10.1. The van der Waals surface area contributed by atoms with Crippen LogP contribution in [0.3, 0.4) is 0 Å². The molecule has 0 aromatic carbocycles. The maximum atomic E-state index is 12.5. The maximum absolute atomic E-state index is 12.5. The van der Waals surface area contributed by atoms with E-state index in [9.17, 15) is 9.90 Å². The Morgan fingerprint density at radius 2 is 1.61 bits per heavy atom. The molecule has 0 atom stereocenters. The van der Waals surface area contributed by atoms with E-state index in [-0.39, 0.29) is 16.6 Å². The molecule has 0 aromatic heterocycles. The minimum atomic E-state index is -0.209. The average molecular weight is 252 g/mol. The Balaban J connectivity index is 3.06. The monoisotopic (exact) mass is 252 g/mol. The van der Waals surface area contributed by atoms with Crippen molar-refractivity contribution in [3.05, 3.63) is 11.3 Å². The predicted octanol–water partition coefficient (Wildman–Crippen LogP) is 4.79. The molecule has 0 radical (unpaired) electrons. The van der Waals surface area contributed by atoms with Gasteiger partial charge in [-0.3, -0.25) is 4.79 Å². The minimum absolute atomic E-state index is 0.158. The van der Waals surface area contributed by atoms with Crippen molar-refractivity contribution in [1.82, 2.24) is 0 Å². The predicted molar refractivity (Wildman–Crippen MR) is 75.6 cm³/mol. The van der Waals surface area contributed by atoms with E-state index in [4.69, 9.17) is 0 Å². The zero-order chi connectivity index (χ0) is 14.0. The molecule has 1 fully saturated rings. The number of hydrogen-bond acceptors (Lipinski definition) is 2. The molecule has 0 amide bonds. The number of carbonyl (C=O) groups is 1. The highest BCUT2D eigenvalue weighted by atomic mass is 16.3. The summed E-state index contributed by atoms with van der Waals surface area (Å²) in [4.78, 5) is 12.5. The van der Waals surface area contributed by atoms with E-state index in [0.717, 1.165) is 38.5 Å². The standard InChI is InChI=1S/C16H28O2/c1-6-16(7-2,8-3)14(18)12(4)13(17)15(5)10-9-11-15/h18H,6-11H2,1-5H3/b14-12-. The van der Waals surface area contributed by atoms with Crippen LogP contribution in [0.25, 0.3) is 0 Å². The molecule has 2 nitrogen and oxygen atoms in total. The molecule has 1 saturated carbocycles. The normalized spacial score (nSPS) is 20.1. The van der Waals surface area contributed by atoms with Crippen LogP contribution in [-0.4, -0.2) is 10.9 Å². The van der Waals surface area contributed by atoms with Gasteiger partial charge in [-0.2, -0.15) is 0 Å². The Bertz CT molecular complexity index is 336. The SMILES string of the molecule is CCC(CC)(CC)/C(O)=C(\C)C(=O)C1(C)CCC1. The third kappa shape index (κ3) is 2.34. The third-order valence-corrected chi connectivity index (χ3v) is 5.23. The van der Waals surface area contributed by atoms with E-state index in [1.807, 2.05) is 6.92 Å². The molecule has 18 heavy (non-hydrogen) atoms. The number of hydrogen-bond donors (Lipinski definition) is 1. The molecule has 0 aliphatic heterocycles. The number of carbonyl (C=O) groups excluding carboxylic acids is 1. The highest BCUT2D eigenvalue weighted by Gasteiger charge is 2.42. The van der Waals surface area contributed by atoms with E-state index in [2.05, 4.69) is 20.8 Å². The number of Topliss-reactive ketones (excluding diaryl/α,β-unsaturated/α-hetero) is 1. The van der Waals surface area contributed by atoms with Gasteiger partial charge in [0.15, 0.2) is 5.78 Å². The second-order valence-corrected chi connectivity index (χ2v) is 6.06. The van der Waals surface area contributed by atoms with Crippen LogP contribution in [0.4, 0.5) is 0 Å². The molecule has 104 valence electrons. The average Bonchev–Trinajstić information content (AvgIpc) is 2.36. The van der Waals surface area contributed by atoms with Gasteiger partial charge in [0.2, 0.25) is 0 Å². The highest BCUT2D eigenvalue weighted by molar-refractivity contribution is 6.00. The molecule has 0 bridgehead atoms. The number of allylic oxidation sites excluding steroid dienone is 2. The molecule has 1 aliphatic rings. The van der Waals surface area contributed by atoms with Crippen molar-refractivity contribution in [2.24, 2.45) is 10.8 Å². The van der Waals surface area contributed by atoms with Crippen LogP contribution in [0.5, 0.6) is 0 Å². The minimum Gasteiger partial charge on any atom is -0.511 e. The molecule has 0 unspecified atom stereocenters. The van der Waals surface area contributed by atoms with Gasteiger partial charge in [-0.15, -0.1) is 0 Å². The van der Waals surface area contributed by atoms with Crippen LogP contribution in [0.1, 0.15) is 73.1 Å². The zero-order valence-corrected chi connectivity index (χ0v) is 12.6. The number of aliphatic hydroxyl groups is 1. The molecular weight excluding hydrogens is 224 g/mol. The van der Waals surface area contributed by atoms with E-state index in [1.54, 1.807) is 6.92 Å². The van der Waals surface area contributed by atoms with E-state index >= 15 is 0 Å². The van der Waals surface area contributed by atoms with Crippen LogP contribution < -0.4 is 0 Å². The lowest BCUT2D eigenvalue weighted by Crippen LogP contribution is -2.37. The lowest BCUT2D eigenvalue weighted by atomic mass is 9.65. The number of rotatable bonds is 6. The second kappa shape index (κ2) is 5.46. The molecule has 1 aliphatic carbocycles. The topological polar surface area (TPSA) is 37.3 Å². The van der Waals surface area contributed by atoms with Crippen LogP contribution in [0.15, 0.2) is 11.3 Å². The van der Waals surface area contributed by atoms with Gasteiger partial charge in [-0.25, -0.2) is 0 Å². The summed E-state index contributed by atoms with van der Waals surface area (Å²) in [6.07, 6.45) is 5.71. The number of aliphatic hydroxyl groups excluding tert-OH is 1. The second-order valence-electron chi connectivity index (χ2n) is 6.06. The van der Waals surface area contributed by atoms with Gasteiger partial charge >= 0.3 is 0 Å². The molecule has 0 spiro atoms. The van der Waals surface area contributed by atoms with Crippen molar-refractivity contribution in [3.8, 4) is 0 Å². The third-order valence-electron chi connectivity index (χ3n) is 5.23. The smallest absolute Gasteiger partial charge is 0.167 e. The van der Waals surface area contributed by atoms with Crippen molar-refractivity contribution >= 4 is 5.78 Å². The Morgan fingerprint density at radius 1 is 1.17 bits per heavy atom. The summed E-state index contributed by atoms with van der Waals surface area (Å²) >= 11 is 0. The van der Waals surface area contributed by atoms with Crippen molar-refractivity contribution < 1.29 is 9.90 Å². The molecule has 2 heteroatoms. The maximum Gasteiger partial charge on any atom is 0.167 e. The fourth-order valence-electron chi connectivity index (χ4n) is 3.14. The van der Waals surface area contributed by atoms with Gasteiger partial charge in [-0.05, 0) is 39.0 Å². The van der Waals surface area contributed by atoms with Crippen LogP contribution in [0, 0.1) is 10.8 Å². The first-order valence-electron chi connectivity index (χ1n) is 7.32. The molecule has 1 N–H and O–H groups in total. The molecule has 0 saturated heterocycles.